The first-order valence-electron chi connectivity index (χ1n) is 8.02. The number of aryl methyl sites for hydroxylation is 1. The second-order valence-corrected chi connectivity index (χ2v) is 6.25. The van der Waals surface area contributed by atoms with Gasteiger partial charge in [-0.15, -0.1) is 0 Å². The average molecular weight is 354 g/mol. The first-order valence-corrected chi connectivity index (χ1v) is 8.02. The van der Waals surface area contributed by atoms with E-state index in [1.165, 1.54) is 24.3 Å². The number of rotatable bonds is 4. The van der Waals surface area contributed by atoms with Gasteiger partial charge in [0.15, 0.2) is 5.78 Å². The number of phenols is 2. The summed E-state index contributed by atoms with van der Waals surface area (Å²) < 4.78 is 5.48. The number of benzene rings is 2. The predicted molar refractivity (Wildman–Crippen MR) is 94.2 cm³/mol. The largest absolute Gasteiger partial charge is 0.507 e. The molecule has 6 nitrogen and oxygen atoms in total. The minimum atomic E-state index is -0.604. The highest BCUT2D eigenvalue weighted by Gasteiger charge is 2.35. The molecule has 3 rings (SSSR count). The van der Waals surface area contributed by atoms with E-state index in [2.05, 4.69) is 0 Å². The summed E-state index contributed by atoms with van der Waals surface area (Å²) in [5, 5.41) is 29.3. The van der Waals surface area contributed by atoms with Crippen molar-refractivity contribution >= 4 is 11.6 Å². The van der Waals surface area contributed by atoms with Gasteiger partial charge in [0.25, 0.3) is 0 Å². The molecule has 0 aliphatic heterocycles. The summed E-state index contributed by atoms with van der Waals surface area (Å²) in [6.07, 6.45) is 1.67. The molecule has 0 bridgehead atoms. The number of aliphatic hydroxyl groups excluding tert-OH is 1. The molecule has 134 valence electrons. The number of phenolic OH excluding ortho intramolecular Hbond substituents is 2. The highest BCUT2D eigenvalue weighted by atomic mass is 16.5. The summed E-state index contributed by atoms with van der Waals surface area (Å²) in [7, 11) is 0. The molecule has 2 aromatic carbocycles. The number of ketones is 2. The maximum absolute atomic E-state index is 12.8. The zero-order chi connectivity index (χ0) is 19.0. The van der Waals surface area contributed by atoms with E-state index in [9.17, 15) is 19.8 Å². The van der Waals surface area contributed by atoms with Gasteiger partial charge in [-0.3, -0.25) is 9.59 Å². The summed E-state index contributed by atoms with van der Waals surface area (Å²) >= 11 is 0. The molecule has 0 unspecified atom stereocenters. The molecule has 2 aromatic rings. The van der Waals surface area contributed by atoms with Crippen molar-refractivity contribution < 1.29 is 29.6 Å². The van der Waals surface area contributed by atoms with Crippen molar-refractivity contribution in [2.75, 3.05) is 13.2 Å². The molecule has 6 heteroatoms. The van der Waals surface area contributed by atoms with Gasteiger partial charge in [0.1, 0.15) is 23.9 Å². The Balaban J connectivity index is 2.05. The number of ether oxygens (including phenoxy) is 1. The molecule has 26 heavy (non-hydrogen) atoms. The van der Waals surface area contributed by atoms with Gasteiger partial charge in [0.05, 0.1) is 17.7 Å². The smallest absolute Gasteiger partial charge is 0.201 e. The van der Waals surface area contributed by atoms with Crippen molar-refractivity contribution in [3.8, 4) is 17.2 Å². The third kappa shape index (κ3) is 2.95. The van der Waals surface area contributed by atoms with Crippen LogP contribution in [0.15, 0.2) is 35.9 Å². The summed E-state index contributed by atoms with van der Waals surface area (Å²) in [4.78, 5) is 25.5. The lowest BCUT2D eigenvalue weighted by molar-refractivity contribution is 0.0974. The molecule has 0 aromatic heterocycles. The minimum absolute atomic E-state index is 0.0327. The lowest BCUT2D eigenvalue weighted by atomic mass is 9.82. The van der Waals surface area contributed by atoms with Gasteiger partial charge in [0, 0.05) is 17.2 Å². The zero-order valence-corrected chi connectivity index (χ0v) is 14.4. The van der Waals surface area contributed by atoms with Gasteiger partial charge >= 0.3 is 0 Å². The van der Waals surface area contributed by atoms with Crippen LogP contribution >= 0.6 is 0 Å². The van der Waals surface area contributed by atoms with E-state index < -0.39 is 11.6 Å². The SMILES string of the molecule is CC(=CCOc1cc(O)c2c(c1)C(=O)c1cc(C)cc(O)c1C2=O)CO. The van der Waals surface area contributed by atoms with Crippen LogP contribution in [0.3, 0.4) is 0 Å². The molecule has 0 spiro atoms. The third-order valence-corrected chi connectivity index (χ3v) is 4.23. The molecule has 0 radical (unpaired) electrons. The molecule has 0 atom stereocenters. The Morgan fingerprint density at radius 3 is 2.27 bits per heavy atom. The van der Waals surface area contributed by atoms with E-state index in [0.29, 0.717) is 5.56 Å². The number of aliphatic hydroxyl groups is 1. The number of fused-ring (bicyclic) bond motifs is 2. The summed E-state index contributed by atoms with van der Waals surface area (Å²) in [6, 6.07) is 5.59. The van der Waals surface area contributed by atoms with Crippen molar-refractivity contribution in [1.82, 2.24) is 0 Å². The molecule has 3 N–H and O–H groups in total. The van der Waals surface area contributed by atoms with Crippen LogP contribution in [-0.4, -0.2) is 40.1 Å². The molecular weight excluding hydrogens is 336 g/mol. The number of carbonyl (C=O) groups excluding carboxylic acids is 2. The fourth-order valence-corrected chi connectivity index (χ4v) is 2.90. The Kier molecular flexibility index (Phi) is 4.52. The second kappa shape index (κ2) is 6.65. The van der Waals surface area contributed by atoms with E-state index in [1.54, 1.807) is 19.9 Å². The number of hydrogen-bond acceptors (Lipinski definition) is 6. The lowest BCUT2D eigenvalue weighted by Crippen LogP contribution is -2.21. The highest BCUT2D eigenvalue weighted by molar-refractivity contribution is 6.30. The fraction of sp³-hybridized carbons (Fsp3) is 0.200. The lowest BCUT2D eigenvalue weighted by Gasteiger charge is -2.20. The fourth-order valence-electron chi connectivity index (χ4n) is 2.90. The quantitative estimate of drug-likeness (QED) is 0.622. The van der Waals surface area contributed by atoms with Gasteiger partial charge in [-0.2, -0.15) is 0 Å². The third-order valence-electron chi connectivity index (χ3n) is 4.23. The van der Waals surface area contributed by atoms with Crippen LogP contribution in [0.2, 0.25) is 0 Å². The maximum atomic E-state index is 12.8. The van der Waals surface area contributed by atoms with Crippen LogP contribution in [0.5, 0.6) is 17.2 Å². The van der Waals surface area contributed by atoms with E-state index >= 15 is 0 Å². The average Bonchev–Trinajstić information content (AvgIpc) is 2.58. The molecule has 1 aliphatic carbocycles. The van der Waals surface area contributed by atoms with Crippen molar-refractivity contribution in [2.45, 2.75) is 13.8 Å². The summed E-state index contributed by atoms with van der Waals surface area (Å²) in [6.45, 7) is 3.50. The number of hydrogen-bond donors (Lipinski definition) is 3. The Hall–Kier alpha value is -3.12. The van der Waals surface area contributed by atoms with Gasteiger partial charge < -0.3 is 20.1 Å². The zero-order valence-electron chi connectivity index (χ0n) is 14.4. The van der Waals surface area contributed by atoms with Gasteiger partial charge in [-0.25, -0.2) is 0 Å². The normalized spacial score (nSPS) is 13.4. The summed E-state index contributed by atoms with van der Waals surface area (Å²) in [5.41, 5.74) is 1.26. The van der Waals surface area contributed by atoms with E-state index in [4.69, 9.17) is 9.84 Å². The number of carbonyl (C=O) groups is 2. The maximum Gasteiger partial charge on any atom is 0.201 e. The van der Waals surface area contributed by atoms with Crippen LogP contribution in [0.25, 0.3) is 0 Å². The standard InChI is InChI=1S/C20H18O6/c1-10(9-21)3-4-26-12-7-14-18(16(23)8-12)20(25)17-13(19(14)24)5-11(2)6-15(17)22/h3,5-8,21-23H,4,9H2,1-2H3. The van der Waals surface area contributed by atoms with Crippen molar-refractivity contribution in [3.63, 3.8) is 0 Å². The second-order valence-electron chi connectivity index (χ2n) is 6.25. The molecule has 0 saturated heterocycles. The van der Waals surface area contributed by atoms with Crippen molar-refractivity contribution in [2.24, 2.45) is 0 Å². The predicted octanol–water partition coefficient (Wildman–Crippen LogP) is 2.50. The summed E-state index contributed by atoms with van der Waals surface area (Å²) in [5.74, 6) is -1.51. The van der Waals surface area contributed by atoms with Crippen LogP contribution in [0, 0.1) is 6.92 Å². The minimum Gasteiger partial charge on any atom is -0.507 e. The van der Waals surface area contributed by atoms with E-state index in [0.717, 1.165) is 5.57 Å². The van der Waals surface area contributed by atoms with Crippen LogP contribution in [0.4, 0.5) is 0 Å². The van der Waals surface area contributed by atoms with E-state index in [-0.39, 0.29) is 52.7 Å². The monoisotopic (exact) mass is 354 g/mol. The highest BCUT2D eigenvalue weighted by Crippen LogP contribution is 2.39. The van der Waals surface area contributed by atoms with Crippen LogP contribution in [-0.2, 0) is 0 Å². The molecule has 0 amide bonds. The van der Waals surface area contributed by atoms with Crippen LogP contribution in [0.1, 0.15) is 44.3 Å². The topological polar surface area (TPSA) is 104 Å². The van der Waals surface area contributed by atoms with Crippen molar-refractivity contribution in [1.29, 1.82) is 0 Å². The molecule has 0 saturated carbocycles. The number of aromatic hydroxyl groups is 2. The Bertz CT molecular complexity index is 955. The van der Waals surface area contributed by atoms with Gasteiger partial charge in [0.2, 0.25) is 5.78 Å². The molecule has 0 heterocycles. The molecule has 1 aliphatic rings. The molecule has 0 fully saturated rings. The Morgan fingerprint density at radius 1 is 1.00 bits per heavy atom. The first-order chi connectivity index (χ1) is 12.3. The van der Waals surface area contributed by atoms with E-state index in [1.807, 2.05) is 0 Å². The molecular formula is C20H18O6. The Morgan fingerprint density at radius 2 is 1.62 bits per heavy atom. The van der Waals surface area contributed by atoms with Gasteiger partial charge in [-0.05, 0) is 49.3 Å². The van der Waals surface area contributed by atoms with Crippen molar-refractivity contribution in [3.05, 3.63) is 63.7 Å². The van der Waals surface area contributed by atoms with Gasteiger partial charge in [-0.1, -0.05) is 0 Å². The Labute approximate surface area is 150 Å². The first kappa shape index (κ1) is 17.7. The van der Waals surface area contributed by atoms with Crippen LogP contribution < -0.4 is 4.74 Å².